The molecule has 0 saturated heterocycles. The van der Waals surface area contributed by atoms with Crippen molar-refractivity contribution >= 4 is 12.0 Å². The van der Waals surface area contributed by atoms with Crippen LogP contribution in [0, 0.1) is 23.7 Å². The van der Waals surface area contributed by atoms with E-state index in [0.29, 0.717) is 17.9 Å². The third kappa shape index (κ3) is 3.70. The van der Waals surface area contributed by atoms with Gasteiger partial charge in [-0.05, 0) is 79.5 Å². The first kappa shape index (κ1) is 16.6. The second kappa shape index (κ2) is 6.77. The molecule has 0 atom stereocenters. The molecule has 25 heavy (non-hydrogen) atoms. The molecule has 5 heteroatoms. The normalized spacial score (nSPS) is 33.2. The van der Waals surface area contributed by atoms with E-state index in [1.165, 1.54) is 50.3 Å². The molecule has 4 bridgehead atoms. The SMILES string of the molecule is O=C(/C=C/c1ccc(OC(F)F)cc1)NC1C2CC3CC(C2)CC1C3. The Labute approximate surface area is 146 Å². The Balaban J connectivity index is 1.33. The zero-order valence-electron chi connectivity index (χ0n) is 14.0. The van der Waals surface area contributed by atoms with Gasteiger partial charge in [0.1, 0.15) is 5.75 Å². The molecule has 0 radical (unpaired) electrons. The molecule has 0 aliphatic heterocycles. The molecular weight excluding hydrogens is 324 g/mol. The van der Waals surface area contributed by atoms with Crippen LogP contribution in [-0.4, -0.2) is 18.6 Å². The summed E-state index contributed by atoms with van der Waals surface area (Å²) in [4.78, 5) is 12.3. The fourth-order valence-electron chi connectivity index (χ4n) is 5.31. The predicted molar refractivity (Wildman–Crippen MR) is 91.1 cm³/mol. The van der Waals surface area contributed by atoms with E-state index >= 15 is 0 Å². The van der Waals surface area contributed by atoms with Gasteiger partial charge in [0.05, 0.1) is 0 Å². The van der Waals surface area contributed by atoms with Crippen molar-refractivity contribution in [3.63, 3.8) is 0 Å². The summed E-state index contributed by atoms with van der Waals surface area (Å²) in [6.07, 6.45) is 9.73. The zero-order chi connectivity index (χ0) is 17.4. The number of halogens is 2. The fourth-order valence-corrected chi connectivity index (χ4v) is 5.31. The van der Waals surface area contributed by atoms with Crippen molar-refractivity contribution in [1.29, 1.82) is 0 Å². The van der Waals surface area contributed by atoms with Crippen molar-refractivity contribution in [2.75, 3.05) is 0 Å². The molecule has 1 aromatic rings. The van der Waals surface area contributed by atoms with Gasteiger partial charge in [0.25, 0.3) is 0 Å². The first-order valence-electron chi connectivity index (χ1n) is 9.10. The van der Waals surface area contributed by atoms with E-state index in [-0.39, 0.29) is 11.7 Å². The minimum Gasteiger partial charge on any atom is -0.435 e. The van der Waals surface area contributed by atoms with Crippen LogP contribution in [0.3, 0.4) is 0 Å². The molecule has 3 nitrogen and oxygen atoms in total. The highest BCUT2D eigenvalue weighted by Crippen LogP contribution is 2.53. The summed E-state index contributed by atoms with van der Waals surface area (Å²) in [5, 5.41) is 3.22. The number of ether oxygens (including phenoxy) is 1. The maximum Gasteiger partial charge on any atom is 0.387 e. The van der Waals surface area contributed by atoms with E-state index in [0.717, 1.165) is 17.4 Å². The molecular formula is C20H23F2NO2. The lowest BCUT2D eigenvalue weighted by Crippen LogP contribution is -2.55. The molecule has 0 spiro atoms. The highest BCUT2D eigenvalue weighted by molar-refractivity contribution is 5.92. The zero-order valence-corrected chi connectivity index (χ0v) is 14.0. The van der Waals surface area contributed by atoms with E-state index in [1.807, 2.05) is 0 Å². The van der Waals surface area contributed by atoms with Crippen molar-refractivity contribution < 1.29 is 18.3 Å². The number of rotatable bonds is 5. The van der Waals surface area contributed by atoms with Crippen LogP contribution in [0.1, 0.15) is 37.7 Å². The molecule has 1 amide bonds. The largest absolute Gasteiger partial charge is 0.435 e. The quantitative estimate of drug-likeness (QED) is 0.809. The van der Waals surface area contributed by atoms with Gasteiger partial charge >= 0.3 is 6.61 Å². The third-order valence-corrected chi connectivity index (χ3v) is 6.07. The number of hydrogen-bond donors (Lipinski definition) is 1. The van der Waals surface area contributed by atoms with Crippen LogP contribution < -0.4 is 10.1 Å². The molecule has 1 aromatic carbocycles. The van der Waals surface area contributed by atoms with E-state index in [4.69, 9.17) is 0 Å². The Morgan fingerprint density at radius 3 is 2.20 bits per heavy atom. The average molecular weight is 347 g/mol. The monoisotopic (exact) mass is 347 g/mol. The Morgan fingerprint density at radius 2 is 1.64 bits per heavy atom. The summed E-state index contributed by atoms with van der Waals surface area (Å²) in [5.74, 6) is 3.13. The smallest absolute Gasteiger partial charge is 0.387 e. The molecule has 4 fully saturated rings. The van der Waals surface area contributed by atoms with Crippen molar-refractivity contribution in [3.05, 3.63) is 35.9 Å². The second-order valence-corrected chi connectivity index (χ2v) is 7.75. The molecule has 0 heterocycles. The predicted octanol–water partition coefficient (Wildman–Crippen LogP) is 4.24. The van der Waals surface area contributed by atoms with Gasteiger partial charge in [-0.3, -0.25) is 4.79 Å². The highest BCUT2D eigenvalue weighted by Gasteiger charge is 2.48. The molecule has 0 unspecified atom stereocenters. The van der Waals surface area contributed by atoms with Crippen molar-refractivity contribution in [2.24, 2.45) is 23.7 Å². The molecule has 4 aliphatic rings. The number of amides is 1. The number of alkyl halides is 2. The molecule has 0 aromatic heterocycles. The Morgan fingerprint density at radius 1 is 1.04 bits per heavy atom. The first-order valence-corrected chi connectivity index (χ1v) is 9.10. The molecule has 134 valence electrons. The van der Waals surface area contributed by atoms with Gasteiger partial charge in [0, 0.05) is 12.1 Å². The minimum absolute atomic E-state index is 0.0645. The van der Waals surface area contributed by atoms with Gasteiger partial charge in [-0.2, -0.15) is 8.78 Å². The van der Waals surface area contributed by atoms with Gasteiger partial charge < -0.3 is 10.1 Å². The minimum atomic E-state index is -2.83. The summed E-state index contributed by atoms with van der Waals surface area (Å²) in [6, 6.07) is 6.59. The second-order valence-electron chi connectivity index (χ2n) is 7.75. The third-order valence-electron chi connectivity index (χ3n) is 6.07. The first-order chi connectivity index (χ1) is 12.1. The number of carbonyl (C=O) groups is 1. The Hall–Kier alpha value is -1.91. The average Bonchev–Trinajstić information content (AvgIpc) is 2.56. The maximum atomic E-state index is 12.3. The highest BCUT2D eigenvalue weighted by atomic mass is 19.3. The lowest BCUT2D eigenvalue weighted by atomic mass is 9.54. The van der Waals surface area contributed by atoms with Crippen LogP contribution in [0.25, 0.3) is 6.08 Å². The van der Waals surface area contributed by atoms with E-state index in [1.54, 1.807) is 18.2 Å². The topological polar surface area (TPSA) is 38.3 Å². The number of nitrogens with one attached hydrogen (secondary N) is 1. The van der Waals surface area contributed by atoms with E-state index in [9.17, 15) is 13.6 Å². The Kier molecular flexibility index (Phi) is 4.48. The van der Waals surface area contributed by atoms with E-state index in [2.05, 4.69) is 10.1 Å². The maximum absolute atomic E-state index is 12.3. The van der Waals surface area contributed by atoms with Gasteiger partial charge in [0.2, 0.25) is 5.91 Å². The van der Waals surface area contributed by atoms with Gasteiger partial charge in [-0.25, -0.2) is 0 Å². The Bertz CT molecular complexity index is 628. The summed E-state index contributed by atoms with van der Waals surface area (Å²) in [6.45, 7) is -2.83. The van der Waals surface area contributed by atoms with Crippen LogP contribution in [0.4, 0.5) is 8.78 Å². The van der Waals surface area contributed by atoms with Crippen LogP contribution in [0.2, 0.25) is 0 Å². The summed E-state index contributed by atoms with van der Waals surface area (Å²) in [5.41, 5.74) is 0.779. The van der Waals surface area contributed by atoms with Crippen molar-refractivity contribution in [2.45, 2.75) is 44.8 Å². The number of carbonyl (C=O) groups excluding carboxylic acids is 1. The molecule has 5 rings (SSSR count). The molecule has 1 N–H and O–H groups in total. The molecule has 4 aliphatic carbocycles. The van der Waals surface area contributed by atoms with Crippen LogP contribution >= 0.6 is 0 Å². The van der Waals surface area contributed by atoms with Gasteiger partial charge in [-0.1, -0.05) is 12.1 Å². The van der Waals surface area contributed by atoms with Gasteiger partial charge in [0.15, 0.2) is 0 Å². The summed E-state index contributed by atoms with van der Waals surface area (Å²) >= 11 is 0. The summed E-state index contributed by atoms with van der Waals surface area (Å²) < 4.78 is 28.6. The fraction of sp³-hybridized carbons (Fsp3) is 0.550. The van der Waals surface area contributed by atoms with Crippen LogP contribution in [0.5, 0.6) is 5.75 Å². The summed E-state index contributed by atoms with van der Waals surface area (Å²) in [7, 11) is 0. The number of benzene rings is 1. The lowest BCUT2D eigenvalue weighted by Gasteiger charge is -2.54. The van der Waals surface area contributed by atoms with E-state index < -0.39 is 6.61 Å². The van der Waals surface area contributed by atoms with Crippen molar-refractivity contribution in [1.82, 2.24) is 5.32 Å². The van der Waals surface area contributed by atoms with Crippen LogP contribution in [0.15, 0.2) is 30.3 Å². The van der Waals surface area contributed by atoms with Crippen LogP contribution in [-0.2, 0) is 4.79 Å². The number of hydrogen-bond acceptors (Lipinski definition) is 2. The standard InChI is InChI=1S/C20H23F2NO2/c21-20(22)25-17-4-1-12(2-5-17)3-6-18(24)23-19-15-8-13-7-14(10-15)11-16(19)9-13/h1-6,13-16,19-20H,7-11H2,(H,23,24)/b6-3+. The lowest BCUT2D eigenvalue weighted by molar-refractivity contribution is -0.120. The van der Waals surface area contributed by atoms with Gasteiger partial charge in [-0.15, -0.1) is 0 Å². The molecule has 4 saturated carbocycles. The van der Waals surface area contributed by atoms with Crippen molar-refractivity contribution in [3.8, 4) is 5.75 Å².